The zero-order valence-corrected chi connectivity index (χ0v) is 15.2. The molecule has 0 spiro atoms. The minimum absolute atomic E-state index is 0.110. The first-order chi connectivity index (χ1) is 12.7. The fraction of sp³-hybridized carbons (Fsp3) is 0.0500. The highest BCUT2D eigenvalue weighted by Gasteiger charge is 2.14. The van der Waals surface area contributed by atoms with Gasteiger partial charge in [-0.25, -0.2) is 4.98 Å². The van der Waals surface area contributed by atoms with E-state index in [0.717, 1.165) is 11.4 Å². The molecule has 4 aromatic rings. The molecule has 128 valence electrons. The van der Waals surface area contributed by atoms with Crippen molar-refractivity contribution in [2.24, 2.45) is 0 Å². The summed E-state index contributed by atoms with van der Waals surface area (Å²) in [5, 5.41) is 1.71. The van der Waals surface area contributed by atoms with Gasteiger partial charge in [0.05, 0.1) is 22.3 Å². The van der Waals surface area contributed by atoms with Gasteiger partial charge in [0.25, 0.3) is 5.56 Å². The molecule has 0 atom stereocenters. The van der Waals surface area contributed by atoms with Crippen molar-refractivity contribution in [1.82, 2.24) is 14.5 Å². The average Bonchev–Trinajstić information content (AvgIpc) is 2.67. The number of para-hydroxylation sites is 1. The van der Waals surface area contributed by atoms with Gasteiger partial charge in [-0.05, 0) is 42.5 Å². The third-order valence-electron chi connectivity index (χ3n) is 3.89. The van der Waals surface area contributed by atoms with Gasteiger partial charge in [-0.2, -0.15) is 0 Å². The van der Waals surface area contributed by atoms with Crippen LogP contribution in [0.2, 0.25) is 5.02 Å². The first-order valence-electron chi connectivity index (χ1n) is 8.03. The summed E-state index contributed by atoms with van der Waals surface area (Å²) in [6, 6.07) is 20.5. The lowest BCUT2D eigenvalue weighted by Crippen LogP contribution is -2.21. The van der Waals surface area contributed by atoms with E-state index in [4.69, 9.17) is 16.6 Å². The van der Waals surface area contributed by atoms with Crippen molar-refractivity contribution < 1.29 is 0 Å². The highest BCUT2D eigenvalue weighted by atomic mass is 35.5. The molecule has 0 amide bonds. The molecule has 4 nitrogen and oxygen atoms in total. The first kappa shape index (κ1) is 16.8. The van der Waals surface area contributed by atoms with E-state index in [0.29, 0.717) is 26.8 Å². The van der Waals surface area contributed by atoms with Crippen molar-refractivity contribution in [3.05, 3.63) is 94.0 Å². The fourth-order valence-corrected chi connectivity index (χ4v) is 3.76. The Hall–Kier alpha value is -2.63. The molecule has 0 saturated carbocycles. The van der Waals surface area contributed by atoms with E-state index < -0.39 is 0 Å². The van der Waals surface area contributed by atoms with E-state index in [2.05, 4.69) is 4.98 Å². The third-order valence-corrected chi connectivity index (χ3v) is 5.10. The Kier molecular flexibility index (Phi) is 4.73. The van der Waals surface area contributed by atoms with Crippen LogP contribution in [0.5, 0.6) is 0 Å². The molecule has 0 bridgehead atoms. The fourth-order valence-electron chi connectivity index (χ4n) is 2.66. The molecule has 4 rings (SSSR count). The molecule has 0 N–H and O–H groups in total. The van der Waals surface area contributed by atoms with Gasteiger partial charge in [0.1, 0.15) is 0 Å². The van der Waals surface area contributed by atoms with E-state index in [9.17, 15) is 4.79 Å². The number of pyridine rings is 1. The van der Waals surface area contributed by atoms with Crippen molar-refractivity contribution in [3.8, 4) is 5.69 Å². The van der Waals surface area contributed by atoms with E-state index in [1.807, 2.05) is 48.5 Å². The summed E-state index contributed by atoms with van der Waals surface area (Å²) in [6.07, 6.45) is 1.76. The van der Waals surface area contributed by atoms with E-state index in [1.165, 1.54) is 11.8 Å². The van der Waals surface area contributed by atoms with E-state index in [1.54, 1.807) is 29.0 Å². The monoisotopic (exact) mass is 379 g/mol. The average molecular weight is 380 g/mol. The Balaban J connectivity index is 1.87. The molecule has 0 unspecified atom stereocenters. The van der Waals surface area contributed by atoms with E-state index in [-0.39, 0.29) is 5.56 Å². The summed E-state index contributed by atoms with van der Waals surface area (Å²) < 4.78 is 1.64. The number of hydrogen-bond donors (Lipinski definition) is 0. The Labute approximate surface area is 159 Å². The Bertz CT molecular complexity index is 1110. The highest BCUT2D eigenvalue weighted by Crippen LogP contribution is 2.25. The van der Waals surface area contributed by atoms with Gasteiger partial charge < -0.3 is 0 Å². The van der Waals surface area contributed by atoms with Gasteiger partial charge >= 0.3 is 0 Å². The van der Waals surface area contributed by atoms with Crippen LogP contribution in [-0.2, 0) is 5.75 Å². The molecule has 0 fully saturated rings. The lowest BCUT2D eigenvalue weighted by atomic mass is 10.2. The van der Waals surface area contributed by atoms with Crippen LogP contribution in [0.4, 0.5) is 0 Å². The van der Waals surface area contributed by atoms with Crippen molar-refractivity contribution in [2.75, 3.05) is 0 Å². The topological polar surface area (TPSA) is 47.8 Å². The van der Waals surface area contributed by atoms with Gasteiger partial charge in [-0.1, -0.05) is 47.6 Å². The van der Waals surface area contributed by atoms with Gasteiger partial charge in [-0.3, -0.25) is 14.3 Å². The Morgan fingerprint density at radius 2 is 1.81 bits per heavy atom. The van der Waals surface area contributed by atoms with Crippen molar-refractivity contribution in [3.63, 3.8) is 0 Å². The first-order valence-corrected chi connectivity index (χ1v) is 9.39. The summed E-state index contributed by atoms with van der Waals surface area (Å²) >= 11 is 7.56. The van der Waals surface area contributed by atoms with Crippen molar-refractivity contribution in [2.45, 2.75) is 10.9 Å². The number of halogens is 1. The summed E-state index contributed by atoms with van der Waals surface area (Å²) in [4.78, 5) is 22.2. The lowest BCUT2D eigenvalue weighted by Gasteiger charge is -2.13. The van der Waals surface area contributed by atoms with Crippen LogP contribution < -0.4 is 5.56 Å². The maximum atomic E-state index is 13.1. The normalized spacial score (nSPS) is 11.0. The number of fused-ring (bicyclic) bond motifs is 1. The number of thioether (sulfide) groups is 1. The minimum atomic E-state index is -0.110. The molecule has 6 heteroatoms. The molecule has 2 aromatic heterocycles. The second-order valence-corrected chi connectivity index (χ2v) is 7.02. The van der Waals surface area contributed by atoms with E-state index >= 15 is 0 Å². The van der Waals surface area contributed by atoms with Crippen LogP contribution in [0.25, 0.3) is 16.6 Å². The van der Waals surface area contributed by atoms with Crippen LogP contribution >= 0.6 is 23.4 Å². The number of aromatic nitrogens is 3. The minimum Gasteiger partial charge on any atom is -0.268 e. The van der Waals surface area contributed by atoms with Crippen LogP contribution in [0.3, 0.4) is 0 Å². The predicted molar refractivity (Wildman–Crippen MR) is 106 cm³/mol. The Morgan fingerprint density at radius 3 is 2.58 bits per heavy atom. The number of benzene rings is 2. The molecular formula is C20H14ClN3OS. The number of hydrogen-bond acceptors (Lipinski definition) is 4. The number of rotatable bonds is 4. The zero-order valence-electron chi connectivity index (χ0n) is 13.7. The highest BCUT2D eigenvalue weighted by molar-refractivity contribution is 7.98. The molecule has 0 aliphatic carbocycles. The molecule has 0 saturated heterocycles. The summed E-state index contributed by atoms with van der Waals surface area (Å²) in [6.45, 7) is 0. The van der Waals surface area contributed by atoms with Crippen LogP contribution in [0.15, 0.2) is 82.9 Å². The maximum Gasteiger partial charge on any atom is 0.266 e. The van der Waals surface area contributed by atoms with Crippen LogP contribution in [-0.4, -0.2) is 14.5 Å². The quantitative estimate of drug-likeness (QED) is 0.380. The molecule has 0 aliphatic rings. The molecular weight excluding hydrogens is 366 g/mol. The van der Waals surface area contributed by atoms with Crippen LogP contribution in [0, 0.1) is 0 Å². The predicted octanol–water partition coefficient (Wildman–Crippen LogP) is 4.73. The van der Waals surface area contributed by atoms with Crippen molar-refractivity contribution in [1.29, 1.82) is 0 Å². The second kappa shape index (κ2) is 7.32. The smallest absolute Gasteiger partial charge is 0.266 e. The largest absolute Gasteiger partial charge is 0.268 e. The zero-order chi connectivity index (χ0) is 17.9. The summed E-state index contributed by atoms with van der Waals surface area (Å²) in [5.74, 6) is 0.617. The van der Waals surface area contributed by atoms with Gasteiger partial charge in [0.15, 0.2) is 5.16 Å². The lowest BCUT2D eigenvalue weighted by molar-refractivity contribution is 0.819. The SMILES string of the molecule is O=c1c2ccc(Cl)cc2nc(SCc2ccccn2)n1-c1ccccc1. The molecule has 2 heterocycles. The number of nitrogens with zero attached hydrogens (tertiary/aromatic N) is 3. The van der Waals surface area contributed by atoms with Gasteiger partial charge in [0, 0.05) is 17.0 Å². The molecule has 0 radical (unpaired) electrons. The molecule has 0 aliphatic heterocycles. The Morgan fingerprint density at radius 1 is 1.00 bits per heavy atom. The van der Waals surface area contributed by atoms with Crippen molar-refractivity contribution >= 4 is 34.3 Å². The third kappa shape index (κ3) is 3.36. The summed E-state index contributed by atoms with van der Waals surface area (Å²) in [7, 11) is 0. The summed E-state index contributed by atoms with van der Waals surface area (Å²) in [5.41, 5.74) is 2.20. The van der Waals surface area contributed by atoms with Crippen LogP contribution in [0.1, 0.15) is 5.69 Å². The molecule has 2 aromatic carbocycles. The van der Waals surface area contributed by atoms with Gasteiger partial charge in [0.2, 0.25) is 0 Å². The standard InChI is InChI=1S/C20H14ClN3OS/c21-14-9-10-17-18(12-14)23-20(26-13-15-6-4-5-11-22-15)24(19(17)25)16-7-2-1-3-8-16/h1-12H,13H2. The van der Waals surface area contributed by atoms with Gasteiger partial charge in [-0.15, -0.1) is 0 Å². The second-order valence-electron chi connectivity index (χ2n) is 5.64. The molecule has 26 heavy (non-hydrogen) atoms. The maximum absolute atomic E-state index is 13.1.